The zero-order valence-corrected chi connectivity index (χ0v) is 14.6. The highest BCUT2D eigenvalue weighted by Gasteiger charge is 2.33. The van der Waals surface area contributed by atoms with E-state index in [4.69, 9.17) is 0 Å². The lowest BCUT2D eigenvalue weighted by Crippen LogP contribution is -2.42. The minimum atomic E-state index is -4.88. The van der Waals surface area contributed by atoms with Crippen LogP contribution >= 0.6 is 22.6 Å². The summed E-state index contributed by atoms with van der Waals surface area (Å²) in [4.78, 5) is -0.274. The summed E-state index contributed by atoms with van der Waals surface area (Å²) < 4.78 is 67.7. The molecule has 0 aliphatic heterocycles. The van der Waals surface area contributed by atoms with Gasteiger partial charge in [-0.3, -0.25) is 0 Å². The van der Waals surface area contributed by atoms with E-state index in [1.807, 2.05) is 0 Å². The van der Waals surface area contributed by atoms with Crippen molar-refractivity contribution in [3.8, 4) is 5.75 Å². The molecule has 0 saturated carbocycles. The van der Waals surface area contributed by atoms with Gasteiger partial charge in [-0.2, -0.15) is 0 Å². The molecule has 1 aromatic carbocycles. The van der Waals surface area contributed by atoms with Crippen molar-refractivity contribution in [3.63, 3.8) is 0 Å². The van der Waals surface area contributed by atoms with E-state index in [-0.39, 0.29) is 8.47 Å². The lowest BCUT2D eigenvalue weighted by molar-refractivity contribution is -0.275. The van der Waals surface area contributed by atoms with E-state index < -0.39 is 27.7 Å². The molecule has 21 heavy (non-hydrogen) atoms. The standard InChI is InChI=1S/C12H15F3INO3S/c1-4-11(2,3)17-21(18,19)8-5-6-9(16)10(7-8)20-12(13,14)15/h5-7,17H,4H2,1-3H3. The third-order valence-corrected chi connectivity index (χ3v) is 5.32. The Morgan fingerprint density at radius 1 is 1.29 bits per heavy atom. The average molecular weight is 437 g/mol. The van der Waals surface area contributed by atoms with Crippen molar-refractivity contribution in [2.45, 2.75) is 44.0 Å². The van der Waals surface area contributed by atoms with Gasteiger partial charge in [-0.1, -0.05) is 6.92 Å². The molecule has 0 bridgehead atoms. The normalized spacial score (nSPS) is 13.3. The van der Waals surface area contributed by atoms with Crippen LogP contribution in [0.2, 0.25) is 0 Å². The second-order valence-corrected chi connectivity index (χ2v) is 7.83. The zero-order chi connectivity index (χ0) is 16.5. The van der Waals surface area contributed by atoms with Gasteiger partial charge in [0.2, 0.25) is 10.0 Å². The average Bonchev–Trinajstić information content (AvgIpc) is 2.29. The maximum absolute atomic E-state index is 12.3. The number of sulfonamides is 1. The van der Waals surface area contributed by atoms with Crippen LogP contribution < -0.4 is 9.46 Å². The summed E-state index contributed by atoms with van der Waals surface area (Å²) >= 11 is 1.64. The van der Waals surface area contributed by atoms with Gasteiger partial charge in [0.25, 0.3) is 0 Å². The highest BCUT2D eigenvalue weighted by atomic mass is 127. The zero-order valence-electron chi connectivity index (χ0n) is 11.6. The van der Waals surface area contributed by atoms with Crippen LogP contribution in [-0.4, -0.2) is 20.3 Å². The maximum Gasteiger partial charge on any atom is 0.573 e. The van der Waals surface area contributed by atoms with E-state index in [1.165, 1.54) is 12.1 Å². The largest absolute Gasteiger partial charge is 0.573 e. The van der Waals surface area contributed by atoms with E-state index in [0.717, 1.165) is 6.07 Å². The van der Waals surface area contributed by atoms with Crippen LogP contribution in [0, 0.1) is 3.57 Å². The van der Waals surface area contributed by atoms with Gasteiger partial charge in [-0.15, -0.1) is 13.2 Å². The summed E-state index contributed by atoms with van der Waals surface area (Å²) in [5.41, 5.74) is -0.702. The SMILES string of the molecule is CCC(C)(C)NS(=O)(=O)c1ccc(I)c(OC(F)(F)F)c1. The van der Waals surface area contributed by atoms with Gasteiger partial charge in [0.15, 0.2) is 0 Å². The molecule has 0 saturated heterocycles. The summed E-state index contributed by atoms with van der Waals surface area (Å²) in [6.07, 6.45) is -4.35. The van der Waals surface area contributed by atoms with E-state index >= 15 is 0 Å². The lowest BCUT2D eigenvalue weighted by Gasteiger charge is -2.24. The van der Waals surface area contributed by atoms with Gasteiger partial charge in [0, 0.05) is 11.6 Å². The molecule has 0 spiro atoms. The van der Waals surface area contributed by atoms with Crippen LogP contribution in [0.1, 0.15) is 27.2 Å². The highest BCUT2D eigenvalue weighted by molar-refractivity contribution is 14.1. The van der Waals surface area contributed by atoms with Crippen LogP contribution in [0.4, 0.5) is 13.2 Å². The molecule has 0 amide bonds. The molecule has 0 unspecified atom stereocenters. The summed E-state index contributed by atoms with van der Waals surface area (Å²) in [7, 11) is -3.93. The van der Waals surface area contributed by atoms with E-state index in [1.54, 1.807) is 43.4 Å². The fourth-order valence-electron chi connectivity index (χ4n) is 1.35. The van der Waals surface area contributed by atoms with Crippen molar-refractivity contribution in [1.82, 2.24) is 4.72 Å². The number of halogens is 4. The maximum atomic E-state index is 12.3. The van der Waals surface area contributed by atoms with E-state index in [2.05, 4.69) is 9.46 Å². The van der Waals surface area contributed by atoms with Crippen molar-refractivity contribution in [2.75, 3.05) is 0 Å². The highest BCUT2D eigenvalue weighted by Crippen LogP contribution is 2.30. The van der Waals surface area contributed by atoms with Crippen LogP contribution in [0.25, 0.3) is 0 Å². The Hall–Kier alpha value is -0.550. The van der Waals surface area contributed by atoms with Crippen molar-refractivity contribution in [1.29, 1.82) is 0 Å². The van der Waals surface area contributed by atoms with Gasteiger partial charge in [0.05, 0.1) is 8.47 Å². The van der Waals surface area contributed by atoms with Crippen molar-refractivity contribution in [3.05, 3.63) is 21.8 Å². The molecule has 0 heterocycles. The second kappa shape index (κ2) is 6.29. The Labute approximate surface area is 135 Å². The predicted molar refractivity (Wildman–Crippen MR) is 80.5 cm³/mol. The molecule has 1 rings (SSSR count). The number of alkyl halides is 3. The Morgan fingerprint density at radius 2 is 1.86 bits per heavy atom. The Morgan fingerprint density at radius 3 is 2.33 bits per heavy atom. The first-order valence-corrected chi connectivity index (χ1v) is 8.52. The smallest absolute Gasteiger partial charge is 0.405 e. The number of ether oxygens (including phenoxy) is 1. The molecule has 4 nitrogen and oxygen atoms in total. The third kappa shape index (κ3) is 5.62. The van der Waals surface area contributed by atoms with Gasteiger partial charge < -0.3 is 4.74 Å². The molecule has 120 valence electrons. The van der Waals surface area contributed by atoms with Crippen molar-refractivity contribution in [2.24, 2.45) is 0 Å². The summed E-state index contributed by atoms with van der Waals surface area (Å²) in [5.74, 6) is -0.541. The number of hydrogen-bond acceptors (Lipinski definition) is 3. The molecule has 1 aromatic rings. The number of rotatable bonds is 5. The van der Waals surface area contributed by atoms with Crippen LogP contribution in [0.5, 0.6) is 5.75 Å². The van der Waals surface area contributed by atoms with Gasteiger partial charge in [-0.05, 0) is 55.0 Å². The fraction of sp³-hybridized carbons (Fsp3) is 0.500. The quantitative estimate of drug-likeness (QED) is 0.716. The first kappa shape index (κ1) is 18.5. The van der Waals surface area contributed by atoms with Crippen LogP contribution in [0.3, 0.4) is 0 Å². The first-order chi connectivity index (χ1) is 9.36. The van der Waals surface area contributed by atoms with Crippen LogP contribution in [-0.2, 0) is 10.0 Å². The third-order valence-electron chi connectivity index (χ3n) is 2.73. The Balaban J connectivity index is 3.17. The monoisotopic (exact) mass is 437 g/mol. The minimum absolute atomic E-state index is 0.165. The van der Waals surface area contributed by atoms with E-state index in [0.29, 0.717) is 6.42 Å². The van der Waals surface area contributed by atoms with Gasteiger partial charge >= 0.3 is 6.36 Å². The predicted octanol–water partition coefficient (Wildman–Crippen LogP) is 3.66. The molecule has 0 fully saturated rings. The molecule has 1 N–H and O–H groups in total. The van der Waals surface area contributed by atoms with Crippen LogP contribution in [0.15, 0.2) is 23.1 Å². The Kier molecular flexibility index (Phi) is 5.54. The van der Waals surface area contributed by atoms with Crippen molar-refractivity contribution < 1.29 is 26.3 Å². The van der Waals surface area contributed by atoms with Gasteiger partial charge in [0.1, 0.15) is 5.75 Å². The first-order valence-electron chi connectivity index (χ1n) is 5.95. The topological polar surface area (TPSA) is 55.4 Å². The number of benzene rings is 1. The number of nitrogens with one attached hydrogen (secondary N) is 1. The van der Waals surface area contributed by atoms with E-state index in [9.17, 15) is 21.6 Å². The fourth-order valence-corrected chi connectivity index (χ4v) is 3.29. The summed E-state index contributed by atoms with van der Waals surface area (Å²) in [6, 6.07) is 3.36. The Bertz CT molecular complexity index is 615. The minimum Gasteiger partial charge on any atom is -0.405 e. The molecule has 0 aromatic heterocycles. The second-order valence-electron chi connectivity index (χ2n) is 4.98. The molecular weight excluding hydrogens is 422 g/mol. The van der Waals surface area contributed by atoms with Gasteiger partial charge in [-0.25, -0.2) is 13.1 Å². The van der Waals surface area contributed by atoms with Crippen molar-refractivity contribution >= 4 is 32.6 Å². The molecule has 0 aliphatic carbocycles. The lowest BCUT2D eigenvalue weighted by atomic mass is 10.0. The number of hydrogen-bond donors (Lipinski definition) is 1. The molecule has 0 aliphatic rings. The summed E-state index contributed by atoms with van der Waals surface area (Å²) in [5, 5.41) is 0. The molecule has 0 atom stereocenters. The molecule has 0 radical (unpaired) electrons. The summed E-state index contributed by atoms with van der Waals surface area (Å²) in [6.45, 7) is 5.17. The molecule has 9 heteroatoms. The molecular formula is C12H15F3INO3S.